The highest BCUT2D eigenvalue weighted by molar-refractivity contribution is 7.89. The van der Waals surface area contributed by atoms with Crippen LogP contribution in [0.25, 0.3) is 0 Å². The maximum Gasteiger partial charge on any atom is 0.241 e. The van der Waals surface area contributed by atoms with E-state index in [-0.39, 0.29) is 17.3 Å². The van der Waals surface area contributed by atoms with Crippen molar-refractivity contribution in [1.29, 1.82) is 0 Å². The Balaban J connectivity index is 2.36. The molecule has 0 unspecified atom stereocenters. The van der Waals surface area contributed by atoms with E-state index in [0.29, 0.717) is 5.02 Å². The highest BCUT2D eigenvalue weighted by Gasteiger charge is 2.18. The highest BCUT2D eigenvalue weighted by atomic mass is 35.5. The lowest BCUT2D eigenvalue weighted by molar-refractivity contribution is 0.295. The number of rotatable bonds is 4. The van der Waals surface area contributed by atoms with Crippen molar-refractivity contribution in [3.05, 3.63) is 58.1 Å². The average Bonchev–Trinajstić information content (AvgIpc) is 2.36. The summed E-state index contributed by atoms with van der Waals surface area (Å²) in [6, 6.07) is 10.5. The summed E-state index contributed by atoms with van der Waals surface area (Å²) in [6.45, 7) is 3.81. The third kappa shape index (κ3) is 3.97. The predicted molar refractivity (Wildman–Crippen MR) is 83.1 cm³/mol. The van der Waals surface area contributed by atoms with Crippen molar-refractivity contribution < 1.29 is 13.2 Å². The molecule has 0 bridgehead atoms. The van der Waals surface area contributed by atoms with E-state index < -0.39 is 10.0 Å². The van der Waals surface area contributed by atoms with Crippen molar-refractivity contribution in [3.63, 3.8) is 0 Å². The van der Waals surface area contributed by atoms with Crippen molar-refractivity contribution in [2.24, 2.45) is 5.14 Å². The van der Waals surface area contributed by atoms with E-state index in [2.05, 4.69) is 0 Å². The zero-order valence-electron chi connectivity index (χ0n) is 11.8. The van der Waals surface area contributed by atoms with Gasteiger partial charge in [0.1, 0.15) is 17.3 Å². The number of aryl methyl sites for hydroxylation is 2. The van der Waals surface area contributed by atoms with Gasteiger partial charge in [-0.25, -0.2) is 13.6 Å². The number of hydrogen-bond acceptors (Lipinski definition) is 3. The van der Waals surface area contributed by atoms with Gasteiger partial charge in [-0.15, -0.1) is 0 Å². The van der Waals surface area contributed by atoms with Crippen LogP contribution in [0.3, 0.4) is 0 Å². The van der Waals surface area contributed by atoms with E-state index in [1.54, 1.807) is 19.1 Å². The van der Waals surface area contributed by atoms with Gasteiger partial charge in [0, 0.05) is 5.02 Å². The Labute approximate surface area is 129 Å². The van der Waals surface area contributed by atoms with Gasteiger partial charge in [-0.1, -0.05) is 29.8 Å². The minimum Gasteiger partial charge on any atom is -0.487 e. The molecule has 21 heavy (non-hydrogen) atoms. The Kier molecular flexibility index (Phi) is 4.56. The first kappa shape index (κ1) is 15.8. The van der Waals surface area contributed by atoms with Gasteiger partial charge in [0.05, 0.1) is 0 Å². The lowest BCUT2D eigenvalue weighted by Crippen LogP contribution is -2.15. The van der Waals surface area contributed by atoms with Crippen molar-refractivity contribution >= 4 is 21.6 Å². The SMILES string of the molecule is Cc1cc(C)c(OCc2cccc(Cl)c2)c(S(N)(=O)=O)c1. The molecule has 0 amide bonds. The van der Waals surface area contributed by atoms with Gasteiger partial charge < -0.3 is 4.74 Å². The second-order valence-corrected chi connectivity index (χ2v) is 6.84. The quantitative estimate of drug-likeness (QED) is 0.938. The predicted octanol–water partition coefficient (Wildman–Crippen LogP) is 3.18. The van der Waals surface area contributed by atoms with Gasteiger partial charge in [-0.3, -0.25) is 0 Å². The van der Waals surface area contributed by atoms with E-state index in [1.165, 1.54) is 6.07 Å². The Morgan fingerprint density at radius 1 is 1.19 bits per heavy atom. The molecule has 0 aliphatic heterocycles. The average molecular weight is 326 g/mol. The molecule has 2 aromatic carbocycles. The van der Waals surface area contributed by atoms with Crippen LogP contribution in [-0.2, 0) is 16.6 Å². The van der Waals surface area contributed by atoms with Gasteiger partial charge >= 0.3 is 0 Å². The summed E-state index contributed by atoms with van der Waals surface area (Å²) in [4.78, 5) is 0.00188. The zero-order valence-corrected chi connectivity index (χ0v) is 13.3. The third-order valence-electron chi connectivity index (χ3n) is 2.96. The van der Waals surface area contributed by atoms with Crippen LogP contribution in [0.1, 0.15) is 16.7 Å². The van der Waals surface area contributed by atoms with E-state index in [0.717, 1.165) is 16.7 Å². The lowest BCUT2D eigenvalue weighted by atomic mass is 10.1. The number of primary sulfonamides is 1. The molecule has 0 aliphatic rings. The molecule has 0 saturated heterocycles. The van der Waals surface area contributed by atoms with Crippen molar-refractivity contribution in [2.75, 3.05) is 0 Å². The van der Waals surface area contributed by atoms with Crippen LogP contribution in [-0.4, -0.2) is 8.42 Å². The summed E-state index contributed by atoms with van der Waals surface area (Å²) in [6.07, 6.45) is 0. The summed E-state index contributed by atoms with van der Waals surface area (Å²) >= 11 is 5.91. The van der Waals surface area contributed by atoms with E-state index in [4.69, 9.17) is 21.5 Å². The summed E-state index contributed by atoms with van der Waals surface area (Å²) in [5.74, 6) is 0.281. The Morgan fingerprint density at radius 2 is 1.90 bits per heavy atom. The fourth-order valence-corrected chi connectivity index (χ4v) is 3.14. The summed E-state index contributed by atoms with van der Waals surface area (Å²) in [5.41, 5.74) is 2.38. The number of sulfonamides is 1. The van der Waals surface area contributed by atoms with Crippen LogP contribution in [0.5, 0.6) is 5.75 Å². The van der Waals surface area contributed by atoms with E-state index >= 15 is 0 Å². The van der Waals surface area contributed by atoms with Gasteiger partial charge in [0.25, 0.3) is 0 Å². The van der Waals surface area contributed by atoms with E-state index in [1.807, 2.05) is 25.1 Å². The van der Waals surface area contributed by atoms with Gasteiger partial charge in [0.15, 0.2) is 0 Å². The van der Waals surface area contributed by atoms with Crippen molar-refractivity contribution in [3.8, 4) is 5.75 Å². The summed E-state index contributed by atoms with van der Waals surface area (Å²) in [7, 11) is -3.84. The van der Waals surface area contributed by atoms with Crippen LogP contribution >= 0.6 is 11.6 Å². The molecule has 4 nitrogen and oxygen atoms in total. The molecule has 0 atom stereocenters. The molecule has 6 heteroatoms. The van der Waals surface area contributed by atoms with Crippen molar-refractivity contribution in [2.45, 2.75) is 25.3 Å². The first-order valence-electron chi connectivity index (χ1n) is 6.28. The molecule has 112 valence electrons. The minimum atomic E-state index is -3.84. The Morgan fingerprint density at radius 3 is 2.52 bits per heavy atom. The lowest BCUT2D eigenvalue weighted by Gasteiger charge is -2.14. The van der Waals surface area contributed by atoms with Crippen LogP contribution in [0, 0.1) is 13.8 Å². The molecule has 0 aromatic heterocycles. The monoisotopic (exact) mass is 325 g/mol. The minimum absolute atomic E-state index is 0.00188. The van der Waals surface area contributed by atoms with Crippen LogP contribution in [0.15, 0.2) is 41.3 Å². The second-order valence-electron chi connectivity index (χ2n) is 4.87. The number of benzene rings is 2. The number of halogens is 1. The molecule has 2 rings (SSSR count). The number of nitrogens with two attached hydrogens (primary N) is 1. The van der Waals surface area contributed by atoms with Crippen LogP contribution in [0.2, 0.25) is 5.02 Å². The number of hydrogen-bond donors (Lipinski definition) is 1. The first-order valence-corrected chi connectivity index (χ1v) is 8.21. The summed E-state index contributed by atoms with van der Waals surface area (Å²) < 4.78 is 29.1. The third-order valence-corrected chi connectivity index (χ3v) is 4.12. The first-order chi connectivity index (χ1) is 9.77. The topological polar surface area (TPSA) is 69.4 Å². The Bertz CT molecular complexity index is 772. The smallest absolute Gasteiger partial charge is 0.241 e. The van der Waals surface area contributed by atoms with Crippen LogP contribution in [0.4, 0.5) is 0 Å². The molecular weight excluding hydrogens is 310 g/mol. The van der Waals surface area contributed by atoms with Gasteiger partial charge in [-0.2, -0.15) is 0 Å². The highest BCUT2D eigenvalue weighted by Crippen LogP contribution is 2.29. The maximum absolute atomic E-state index is 11.7. The van der Waals surface area contributed by atoms with Gasteiger partial charge in [0.2, 0.25) is 10.0 Å². The zero-order chi connectivity index (χ0) is 15.6. The Hall–Kier alpha value is -1.56. The molecule has 2 N–H and O–H groups in total. The molecule has 0 radical (unpaired) electrons. The normalized spacial score (nSPS) is 11.4. The molecule has 0 aliphatic carbocycles. The fourth-order valence-electron chi connectivity index (χ4n) is 2.09. The standard InChI is InChI=1S/C15H16ClNO3S/c1-10-6-11(2)15(14(7-10)21(17,18)19)20-9-12-4-3-5-13(16)8-12/h3-8H,9H2,1-2H3,(H2,17,18,19). The van der Waals surface area contributed by atoms with Crippen molar-refractivity contribution in [1.82, 2.24) is 0 Å². The van der Waals surface area contributed by atoms with E-state index in [9.17, 15) is 8.42 Å². The fraction of sp³-hybridized carbons (Fsp3) is 0.200. The largest absolute Gasteiger partial charge is 0.487 e. The molecule has 0 saturated carbocycles. The molecule has 0 fully saturated rings. The summed E-state index contributed by atoms with van der Waals surface area (Å²) in [5, 5.41) is 5.86. The maximum atomic E-state index is 11.7. The second kappa shape index (κ2) is 6.05. The van der Waals surface area contributed by atoms with Crippen LogP contribution < -0.4 is 9.88 Å². The molecule has 0 heterocycles. The molecule has 0 spiro atoms. The molecule has 2 aromatic rings. The molecular formula is C15H16ClNO3S. The number of ether oxygens (including phenoxy) is 1. The van der Waals surface area contributed by atoms with Gasteiger partial charge in [-0.05, 0) is 48.7 Å².